The Morgan fingerprint density at radius 2 is 1.52 bits per heavy atom. The zero-order valence-corrected chi connectivity index (χ0v) is 20.0. The Labute approximate surface area is 189 Å². The fraction of sp³-hybridized carbons (Fsp3) is 0.652. The molecule has 0 saturated carbocycles. The Hall–Kier alpha value is -1.31. The monoisotopic (exact) mass is 518 g/mol. The highest BCUT2D eigenvalue weighted by atomic mass is 127. The number of aryl methyl sites for hydroxylation is 1. The van der Waals surface area contributed by atoms with E-state index in [1.807, 2.05) is 12.1 Å². The molecule has 0 saturated heterocycles. The van der Waals surface area contributed by atoms with Gasteiger partial charge in [0.2, 0.25) is 0 Å². The maximum atomic E-state index is 11.7. The van der Waals surface area contributed by atoms with E-state index in [1.54, 1.807) is 0 Å². The molecule has 29 heavy (non-hydrogen) atoms. The molecule has 0 aliphatic carbocycles. The number of alkyl halides is 1. The summed E-state index contributed by atoms with van der Waals surface area (Å²) < 4.78 is 16.7. The van der Waals surface area contributed by atoms with Crippen molar-refractivity contribution in [2.24, 2.45) is 0 Å². The van der Waals surface area contributed by atoms with E-state index in [-0.39, 0.29) is 11.9 Å². The molecule has 0 spiro atoms. The molecule has 6 heteroatoms. The highest BCUT2D eigenvalue weighted by molar-refractivity contribution is 14.1. The van der Waals surface area contributed by atoms with Crippen molar-refractivity contribution in [3.63, 3.8) is 0 Å². The number of carbonyl (C=O) groups excluding carboxylic acids is 2. The summed E-state index contributed by atoms with van der Waals surface area (Å²) in [6.45, 7) is 0.603. The van der Waals surface area contributed by atoms with Gasteiger partial charge in [-0.1, -0.05) is 47.6 Å². The number of unbranched alkanes of at least 4 members (excludes halogenated alkanes) is 5. The Balaban J connectivity index is 2.61. The smallest absolute Gasteiger partial charge is 0.305 e. The van der Waals surface area contributed by atoms with Crippen molar-refractivity contribution in [2.75, 3.05) is 25.3 Å². The van der Waals surface area contributed by atoms with Crippen LogP contribution < -0.4 is 4.74 Å². The maximum absolute atomic E-state index is 11.7. The second-order valence-electron chi connectivity index (χ2n) is 7.06. The average molecular weight is 518 g/mol. The fourth-order valence-corrected chi connectivity index (χ4v) is 3.73. The first-order valence-corrected chi connectivity index (χ1v) is 12.1. The lowest BCUT2D eigenvalue weighted by Gasteiger charge is -2.16. The lowest BCUT2D eigenvalue weighted by atomic mass is 9.97. The molecule has 0 bridgehead atoms. The van der Waals surface area contributed by atoms with Crippen LogP contribution >= 0.6 is 22.6 Å². The van der Waals surface area contributed by atoms with Gasteiger partial charge >= 0.3 is 11.9 Å². The molecule has 5 nitrogen and oxygen atoms in total. The van der Waals surface area contributed by atoms with Gasteiger partial charge in [-0.3, -0.25) is 9.59 Å². The standard InChI is InChI=1S/C23H35IO5/c1-27-22(25)14-7-5-9-18-29-21-13-10-12-19(11-6-3-4-8-17-24)20(21)15-16-23(26)28-2/h10,12-13H,3-9,11,14-18H2,1-2H3. The second-order valence-corrected chi connectivity index (χ2v) is 8.14. The molecule has 0 unspecified atom stereocenters. The molecule has 0 aliphatic rings. The fourth-order valence-electron chi connectivity index (χ4n) is 3.19. The third-order valence-electron chi connectivity index (χ3n) is 4.88. The van der Waals surface area contributed by atoms with E-state index in [1.165, 1.54) is 43.5 Å². The number of methoxy groups -OCH3 is 2. The van der Waals surface area contributed by atoms with Gasteiger partial charge in [0.05, 0.1) is 20.8 Å². The van der Waals surface area contributed by atoms with Gasteiger partial charge in [0.25, 0.3) is 0 Å². The summed E-state index contributed by atoms with van der Waals surface area (Å²) in [7, 11) is 2.84. The Bertz CT molecular complexity index is 603. The zero-order chi connectivity index (χ0) is 21.3. The summed E-state index contributed by atoms with van der Waals surface area (Å²) in [4.78, 5) is 22.8. The van der Waals surface area contributed by atoms with Gasteiger partial charge in [0, 0.05) is 12.8 Å². The minimum absolute atomic E-state index is 0.165. The number of halogens is 1. The number of benzene rings is 1. The maximum Gasteiger partial charge on any atom is 0.305 e. The third kappa shape index (κ3) is 11.5. The minimum atomic E-state index is -0.199. The van der Waals surface area contributed by atoms with Crippen LogP contribution in [-0.4, -0.2) is 37.2 Å². The summed E-state index contributed by atoms with van der Waals surface area (Å²) in [6.07, 6.45) is 9.98. The zero-order valence-electron chi connectivity index (χ0n) is 17.8. The number of hydrogen-bond acceptors (Lipinski definition) is 5. The van der Waals surface area contributed by atoms with E-state index in [0.29, 0.717) is 25.9 Å². The Morgan fingerprint density at radius 1 is 0.828 bits per heavy atom. The first-order valence-electron chi connectivity index (χ1n) is 10.6. The Morgan fingerprint density at radius 3 is 2.24 bits per heavy atom. The van der Waals surface area contributed by atoms with Gasteiger partial charge in [0.15, 0.2) is 0 Å². The van der Waals surface area contributed by atoms with Gasteiger partial charge in [-0.25, -0.2) is 0 Å². The first kappa shape index (κ1) is 25.7. The second kappa shape index (κ2) is 16.5. The van der Waals surface area contributed by atoms with Crippen molar-refractivity contribution in [3.8, 4) is 5.75 Å². The first-order chi connectivity index (χ1) is 14.1. The summed E-state index contributed by atoms with van der Waals surface area (Å²) in [5.41, 5.74) is 2.40. The predicted molar refractivity (Wildman–Crippen MR) is 124 cm³/mol. The van der Waals surface area contributed by atoms with Crippen molar-refractivity contribution in [1.29, 1.82) is 0 Å². The molecule has 0 aromatic heterocycles. The molecular formula is C23H35IO5. The topological polar surface area (TPSA) is 61.8 Å². The van der Waals surface area contributed by atoms with Crippen LogP contribution in [0.3, 0.4) is 0 Å². The molecule has 1 rings (SSSR count). The normalized spacial score (nSPS) is 10.6. The van der Waals surface area contributed by atoms with Crippen molar-refractivity contribution < 1.29 is 23.8 Å². The van der Waals surface area contributed by atoms with Gasteiger partial charge in [-0.15, -0.1) is 0 Å². The van der Waals surface area contributed by atoms with E-state index < -0.39 is 0 Å². The van der Waals surface area contributed by atoms with E-state index >= 15 is 0 Å². The van der Waals surface area contributed by atoms with Gasteiger partial charge in [0.1, 0.15) is 5.75 Å². The molecule has 0 atom stereocenters. The minimum Gasteiger partial charge on any atom is -0.493 e. The molecule has 0 amide bonds. The average Bonchev–Trinajstić information content (AvgIpc) is 2.74. The van der Waals surface area contributed by atoms with Crippen LogP contribution in [-0.2, 0) is 31.9 Å². The molecule has 0 radical (unpaired) electrons. The number of rotatable bonds is 16. The molecule has 164 valence electrons. The quantitative estimate of drug-likeness (QED) is 0.126. The molecule has 0 fully saturated rings. The van der Waals surface area contributed by atoms with E-state index in [9.17, 15) is 9.59 Å². The molecule has 1 aromatic carbocycles. The van der Waals surface area contributed by atoms with Crippen molar-refractivity contribution in [2.45, 2.75) is 70.6 Å². The number of esters is 2. The van der Waals surface area contributed by atoms with Crippen LogP contribution in [0.5, 0.6) is 5.75 Å². The highest BCUT2D eigenvalue weighted by Gasteiger charge is 2.12. The lowest BCUT2D eigenvalue weighted by molar-refractivity contribution is -0.141. The van der Waals surface area contributed by atoms with Crippen LogP contribution in [0, 0.1) is 0 Å². The number of carbonyl (C=O) groups is 2. The van der Waals surface area contributed by atoms with Crippen LogP contribution in [0.15, 0.2) is 18.2 Å². The molecule has 0 N–H and O–H groups in total. The lowest BCUT2D eigenvalue weighted by Crippen LogP contribution is -2.07. The molecular weight excluding hydrogens is 483 g/mol. The van der Waals surface area contributed by atoms with Crippen molar-refractivity contribution in [3.05, 3.63) is 29.3 Å². The molecule has 0 heterocycles. The van der Waals surface area contributed by atoms with Crippen molar-refractivity contribution in [1.82, 2.24) is 0 Å². The SMILES string of the molecule is COC(=O)CCCCCOc1cccc(CCCCCCI)c1CCC(=O)OC. The summed E-state index contributed by atoms with van der Waals surface area (Å²) in [5, 5.41) is 0. The molecule has 1 aromatic rings. The summed E-state index contributed by atoms with van der Waals surface area (Å²) in [6, 6.07) is 6.17. The van der Waals surface area contributed by atoms with Crippen LogP contribution in [0.25, 0.3) is 0 Å². The predicted octanol–water partition coefficient (Wildman–Crippen LogP) is 5.44. The Kier molecular flexibility index (Phi) is 14.6. The van der Waals surface area contributed by atoms with Gasteiger partial charge in [-0.2, -0.15) is 0 Å². The number of ether oxygens (including phenoxy) is 3. The van der Waals surface area contributed by atoms with E-state index in [4.69, 9.17) is 9.47 Å². The van der Waals surface area contributed by atoms with E-state index in [2.05, 4.69) is 33.4 Å². The highest BCUT2D eigenvalue weighted by Crippen LogP contribution is 2.26. The third-order valence-corrected chi connectivity index (χ3v) is 5.64. The summed E-state index contributed by atoms with van der Waals surface area (Å²) in [5.74, 6) is 0.504. The van der Waals surface area contributed by atoms with Crippen LogP contribution in [0.2, 0.25) is 0 Å². The molecule has 0 aliphatic heterocycles. The number of hydrogen-bond donors (Lipinski definition) is 0. The van der Waals surface area contributed by atoms with Gasteiger partial charge in [-0.05, 0) is 66.6 Å². The van der Waals surface area contributed by atoms with Gasteiger partial charge < -0.3 is 14.2 Å². The van der Waals surface area contributed by atoms with Crippen LogP contribution in [0.1, 0.15) is 68.9 Å². The largest absolute Gasteiger partial charge is 0.493 e. The summed E-state index contributed by atoms with van der Waals surface area (Å²) >= 11 is 2.42. The van der Waals surface area contributed by atoms with Crippen LogP contribution in [0.4, 0.5) is 0 Å². The van der Waals surface area contributed by atoms with Crippen molar-refractivity contribution >= 4 is 34.5 Å². The van der Waals surface area contributed by atoms with E-state index in [0.717, 1.165) is 43.4 Å².